The summed E-state index contributed by atoms with van der Waals surface area (Å²) in [5.74, 6) is 0.235. The second kappa shape index (κ2) is 12.0. The number of nitrogens with zero attached hydrogens (tertiary/aromatic N) is 2. The first-order valence-electron chi connectivity index (χ1n) is 10.2. The van der Waals surface area contributed by atoms with Gasteiger partial charge >= 0.3 is 29.6 Å². The zero-order chi connectivity index (χ0) is 21.2. The summed E-state index contributed by atoms with van der Waals surface area (Å²) in [6.45, 7) is 2.82. The van der Waals surface area contributed by atoms with Crippen LogP contribution in [0.25, 0.3) is 0 Å². The largest absolute Gasteiger partial charge is 1.00 e. The Morgan fingerprint density at radius 3 is 2.47 bits per heavy atom. The summed E-state index contributed by atoms with van der Waals surface area (Å²) in [7, 11) is -4.34. The summed E-state index contributed by atoms with van der Waals surface area (Å²) in [4.78, 5) is 0. The molecule has 12 heteroatoms. The molecule has 2 fully saturated rings. The van der Waals surface area contributed by atoms with Gasteiger partial charge in [-0.25, -0.2) is 12.6 Å². The minimum atomic E-state index is -4.34. The Bertz CT molecular complexity index is 734. The molecule has 5 unspecified atom stereocenters. The molecule has 0 aromatic heterocycles. The molecule has 3 rings (SSSR count). The number of rotatable bonds is 7. The molecular formula is C18H29Cl2N2NaO5S2. The Balaban J connectivity index is 0.00000320. The molecule has 1 aliphatic heterocycles. The first kappa shape index (κ1) is 27.3. The predicted octanol–water partition coefficient (Wildman–Crippen LogP) is -0.150. The van der Waals surface area contributed by atoms with Crippen LogP contribution in [0.2, 0.25) is 0 Å². The molecule has 1 heterocycles. The van der Waals surface area contributed by atoms with Gasteiger partial charge in [-0.05, 0) is 44.4 Å². The van der Waals surface area contributed by atoms with Crippen molar-refractivity contribution >= 4 is 50.1 Å². The molecule has 0 amide bonds. The van der Waals surface area contributed by atoms with Crippen molar-refractivity contribution in [2.24, 2.45) is 16.9 Å². The fraction of sp³-hybridized carbons (Fsp3) is 0.944. The van der Waals surface area contributed by atoms with Gasteiger partial charge in [-0.1, -0.05) is 6.92 Å². The van der Waals surface area contributed by atoms with Gasteiger partial charge in [0.05, 0.1) is 38.5 Å². The molecule has 5 atom stereocenters. The van der Waals surface area contributed by atoms with Crippen molar-refractivity contribution < 1.29 is 50.9 Å². The predicted molar refractivity (Wildman–Crippen MR) is 115 cm³/mol. The molecule has 0 saturated heterocycles. The summed E-state index contributed by atoms with van der Waals surface area (Å²) in [6, 6.07) is 0.328. The molecule has 0 spiro atoms. The van der Waals surface area contributed by atoms with E-state index < -0.39 is 27.0 Å². The Kier molecular flexibility index (Phi) is 10.9. The quantitative estimate of drug-likeness (QED) is 0.268. The van der Waals surface area contributed by atoms with Crippen LogP contribution in [0, 0.1) is 11.8 Å². The Labute approximate surface area is 214 Å². The zero-order valence-corrected chi connectivity index (χ0v) is 22.7. The molecule has 2 saturated carbocycles. The second-order valence-corrected chi connectivity index (χ2v) is 12.4. The average molecular weight is 511 g/mol. The summed E-state index contributed by atoms with van der Waals surface area (Å²) < 4.78 is 49.1. The first-order valence-corrected chi connectivity index (χ1v) is 13.8. The normalized spacial score (nSPS) is 36.1. The topological polar surface area (TPSA) is 99.1 Å². The van der Waals surface area contributed by atoms with Gasteiger partial charge in [0.1, 0.15) is 0 Å². The maximum absolute atomic E-state index is 12.2. The van der Waals surface area contributed by atoms with Crippen LogP contribution in [-0.4, -0.2) is 68.9 Å². The van der Waals surface area contributed by atoms with E-state index in [0.29, 0.717) is 17.9 Å². The van der Waals surface area contributed by atoms with Crippen LogP contribution in [0.4, 0.5) is 0 Å². The maximum atomic E-state index is 12.2. The van der Waals surface area contributed by atoms with Crippen LogP contribution in [0.5, 0.6) is 0 Å². The fourth-order valence-electron chi connectivity index (χ4n) is 4.62. The Hall–Kier alpha value is 1.07. The van der Waals surface area contributed by atoms with Crippen molar-refractivity contribution in [1.82, 2.24) is 5.01 Å². The molecule has 3 aliphatic rings. The van der Waals surface area contributed by atoms with Crippen LogP contribution < -0.4 is 29.6 Å². The average Bonchev–Trinajstić information content (AvgIpc) is 3.13. The van der Waals surface area contributed by atoms with Gasteiger partial charge in [-0.3, -0.25) is 9.19 Å². The van der Waals surface area contributed by atoms with Gasteiger partial charge in [0.15, 0.2) is 11.1 Å². The first-order chi connectivity index (χ1) is 13.6. The summed E-state index contributed by atoms with van der Waals surface area (Å²) in [6.07, 6.45) is 5.98. The van der Waals surface area contributed by atoms with Gasteiger partial charge in [-0.2, -0.15) is 5.10 Å². The number of halogens is 2. The maximum Gasteiger partial charge on any atom is 1.00 e. The standard InChI is InChI=1S/C18H30Cl2N2O5S2.Na/c1-12-10-16(19)17(20)11-15(12)18-6-7-22(21-18)13-2-4-14(5-3-13)28(23)27-8-9-29(24,25)26;/h12-17H,2-11H2,1H3,(H,24,25,26);/q;+1/p-1. The molecule has 7 nitrogen and oxygen atoms in total. The van der Waals surface area contributed by atoms with Gasteiger partial charge in [0, 0.05) is 30.6 Å². The smallest absolute Gasteiger partial charge is 0.748 e. The summed E-state index contributed by atoms with van der Waals surface area (Å²) in [5.41, 5.74) is 1.24. The van der Waals surface area contributed by atoms with E-state index >= 15 is 0 Å². The minimum Gasteiger partial charge on any atom is -0.748 e. The van der Waals surface area contributed by atoms with E-state index in [1.165, 1.54) is 5.71 Å². The number of hydrogen-bond donors (Lipinski definition) is 0. The van der Waals surface area contributed by atoms with Crippen LogP contribution in [-0.2, 0) is 25.4 Å². The van der Waals surface area contributed by atoms with Crippen LogP contribution in [0.15, 0.2) is 5.10 Å². The van der Waals surface area contributed by atoms with Gasteiger partial charge in [0.25, 0.3) is 0 Å². The number of hydrogen-bond acceptors (Lipinski definition) is 7. The van der Waals surface area contributed by atoms with E-state index in [4.69, 9.17) is 32.5 Å². The Morgan fingerprint density at radius 1 is 1.20 bits per heavy atom. The third kappa shape index (κ3) is 7.55. The molecule has 0 aromatic rings. The van der Waals surface area contributed by atoms with E-state index in [-0.39, 0.29) is 52.2 Å². The van der Waals surface area contributed by atoms with E-state index in [9.17, 15) is 17.2 Å². The van der Waals surface area contributed by atoms with Crippen molar-refractivity contribution in [2.45, 2.75) is 73.9 Å². The van der Waals surface area contributed by atoms with Gasteiger partial charge in [0.2, 0.25) is 0 Å². The van der Waals surface area contributed by atoms with E-state index in [1.807, 2.05) is 0 Å². The third-order valence-corrected chi connectivity index (χ3v) is 9.48. The molecule has 0 bridgehead atoms. The summed E-state index contributed by atoms with van der Waals surface area (Å²) >= 11 is 11.2. The van der Waals surface area contributed by atoms with Crippen LogP contribution in [0.3, 0.4) is 0 Å². The third-order valence-electron chi connectivity index (χ3n) is 6.31. The molecule has 168 valence electrons. The number of alkyl halides is 2. The van der Waals surface area contributed by atoms with Gasteiger partial charge in [-0.15, -0.1) is 23.2 Å². The molecule has 0 aromatic carbocycles. The SMILES string of the molecule is CC1CC(Cl)C(Cl)CC1C1=NN(C2CCC(S(=O)OCCS(=O)(=O)[O-])CC2)CC1.[Na+]. The monoisotopic (exact) mass is 510 g/mol. The van der Waals surface area contributed by atoms with E-state index in [2.05, 4.69) is 11.9 Å². The van der Waals surface area contributed by atoms with Crippen molar-refractivity contribution in [3.8, 4) is 0 Å². The molecule has 0 radical (unpaired) electrons. The minimum absolute atomic E-state index is 0. The van der Waals surface area contributed by atoms with Crippen molar-refractivity contribution in [1.29, 1.82) is 0 Å². The van der Waals surface area contributed by atoms with Crippen LogP contribution >= 0.6 is 23.2 Å². The molecular weight excluding hydrogens is 482 g/mol. The molecule has 2 aliphatic carbocycles. The van der Waals surface area contributed by atoms with Gasteiger partial charge < -0.3 is 4.55 Å². The summed E-state index contributed by atoms with van der Waals surface area (Å²) in [5, 5.41) is 7.02. The van der Waals surface area contributed by atoms with E-state index in [1.54, 1.807) is 0 Å². The fourth-order valence-corrected chi connectivity index (χ4v) is 6.79. The zero-order valence-electron chi connectivity index (χ0n) is 17.5. The van der Waals surface area contributed by atoms with Crippen LogP contribution in [0.1, 0.15) is 51.9 Å². The Morgan fingerprint density at radius 2 is 1.83 bits per heavy atom. The van der Waals surface area contributed by atoms with E-state index in [0.717, 1.165) is 51.5 Å². The molecule has 30 heavy (non-hydrogen) atoms. The second-order valence-electron chi connectivity index (χ2n) is 8.37. The molecule has 0 N–H and O–H groups in total. The number of hydrazone groups is 1. The van der Waals surface area contributed by atoms with Crippen molar-refractivity contribution in [3.05, 3.63) is 0 Å². The van der Waals surface area contributed by atoms with Crippen molar-refractivity contribution in [2.75, 3.05) is 18.9 Å². The van der Waals surface area contributed by atoms with Crippen molar-refractivity contribution in [3.63, 3.8) is 0 Å².